The standard InChI is InChI=1S/C19H16O4/c1-21-16-7-3-13(4-8-16)11-15-12-18(23-19(15)20)14-5-9-17(22-2)10-6-14/h3-12H,1-2H3/b15-11+. The molecule has 1 heterocycles. The second kappa shape index (κ2) is 6.40. The van der Waals surface area contributed by atoms with Gasteiger partial charge in [-0.15, -0.1) is 0 Å². The molecule has 1 aliphatic rings. The van der Waals surface area contributed by atoms with E-state index < -0.39 is 0 Å². The van der Waals surface area contributed by atoms with E-state index >= 15 is 0 Å². The molecule has 116 valence electrons. The molecule has 0 fully saturated rings. The van der Waals surface area contributed by atoms with Crippen molar-refractivity contribution >= 4 is 17.8 Å². The van der Waals surface area contributed by atoms with Crippen molar-refractivity contribution in [2.75, 3.05) is 14.2 Å². The van der Waals surface area contributed by atoms with E-state index in [-0.39, 0.29) is 5.97 Å². The Labute approximate surface area is 134 Å². The van der Waals surface area contributed by atoms with Crippen LogP contribution in [0.4, 0.5) is 0 Å². The smallest absolute Gasteiger partial charge is 0.343 e. The Bertz CT molecular complexity index is 768. The Morgan fingerprint density at radius 3 is 2.00 bits per heavy atom. The maximum atomic E-state index is 12.0. The Kier molecular flexibility index (Phi) is 4.15. The second-order valence-corrected chi connectivity index (χ2v) is 5.00. The minimum Gasteiger partial charge on any atom is -0.497 e. The SMILES string of the molecule is COc1ccc(/C=C2\C=C(c3ccc(OC)cc3)OC2=O)cc1. The first-order valence-electron chi connectivity index (χ1n) is 7.13. The van der Waals surface area contributed by atoms with Crippen LogP contribution >= 0.6 is 0 Å². The summed E-state index contributed by atoms with van der Waals surface area (Å²) in [6.45, 7) is 0. The van der Waals surface area contributed by atoms with Gasteiger partial charge in [-0.05, 0) is 54.1 Å². The van der Waals surface area contributed by atoms with Gasteiger partial charge < -0.3 is 14.2 Å². The Hall–Kier alpha value is -3.01. The third-order valence-corrected chi connectivity index (χ3v) is 3.54. The predicted octanol–water partition coefficient (Wildman–Crippen LogP) is 3.69. The van der Waals surface area contributed by atoms with E-state index in [0.29, 0.717) is 11.3 Å². The highest BCUT2D eigenvalue weighted by Crippen LogP contribution is 2.28. The summed E-state index contributed by atoms with van der Waals surface area (Å²) < 4.78 is 15.6. The number of benzene rings is 2. The van der Waals surface area contributed by atoms with E-state index in [2.05, 4.69) is 0 Å². The van der Waals surface area contributed by atoms with Gasteiger partial charge in [0.15, 0.2) is 0 Å². The molecule has 4 heteroatoms. The molecule has 2 aromatic carbocycles. The highest BCUT2D eigenvalue weighted by Gasteiger charge is 2.21. The van der Waals surface area contributed by atoms with Gasteiger partial charge in [0.1, 0.15) is 17.3 Å². The fraction of sp³-hybridized carbons (Fsp3) is 0.105. The topological polar surface area (TPSA) is 44.8 Å². The van der Waals surface area contributed by atoms with Gasteiger partial charge in [0.25, 0.3) is 0 Å². The van der Waals surface area contributed by atoms with E-state index in [1.165, 1.54) is 0 Å². The number of hydrogen-bond donors (Lipinski definition) is 0. The van der Waals surface area contributed by atoms with Crippen molar-refractivity contribution in [2.24, 2.45) is 0 Å². The van der Waals surface area contributed by atoms with Crippen molar-refractivity contribution in [2.45, 2.75) is 0 Å². The van der Waals surface area contributed by atoms with Crippen molar-refractivity contribution < 1.29 is 19.0 Å². The van der Waals surface area contributed by atoms with E-state index in [9.17, 15) is 4.79 Å². The molecule has 0 unspecified atom stereocenters. The van der Waals surface area contributed by atoms with Gasteiger partial charge in [-0.3, -0.25) is 0 Å². The van der Waals surface area contributed by atoms with Crippen LogP contribution in [0.25, 0.3) is 11.8 Å². The molecular weight excluding hydrogens is 292 g/mol. The lowest BCUT2D eigenvalue weighted by Crippen LogP contribution is -1.97. The highest BCUT2D eigenvalue weighted by atomic mass is 16.5. The maximum absolute atomic E-state index is 12.0. The average molecular weight is 308 g/mol. The monoisotopic (exact) mass is 308 g/mol. The molecule has 0 saturated carbocycles. The summed E-state index contributed by atoms with van der Waals surface area (Å²) in [7, 11) is 3.23. The van der Waals surface area contributed by atoms with Gasteiger partial charge in [-0.2, -0.15) is 0 Å². The lowest BCUT2D eigenvalue weighted by atomic mass is 10.1. The fourth-order valence-corrected chi connectivity index (χ4v) is 2.27. The Morgan fingerprint density at radius 2 is 1.43 bits per heavy atom. The van der Waals surface area contributed by atoms with Gasteiger partial charge in [0, 0.05) is 5.56 Å². The average Bonchev–Trinajstić information content (AvgIpc) is 2.96. The maximum Gasteiger partial charge on any atom is 0.343 e. The van der Waals surface area contributed by atoms with Gasteiger partial charge in [-0.1, -0.05) is 12.1 Å². The zero-order valence-electron chi connectivity index (χ0n) is 12.9. The van der Waals surface area contributed by atoms with E-state index in [1.54, 1.807) is 26.4 Å². The lowest BCUT2D eigenvalue weighted by Gasteiger charge is -2.03. The molecule has 0 bridgehead atoms. The number of carbonyl (C=O) groups is 1. The Balaban J connectivity index is 1.86. The molecule has 2 aromatic rings. The molecule has 23 heavy (non-hydrogen) atoms. The summed E-state index contributed by atoms with van der Waals surface area (Å²) in [5.41, 5.74) is 2.25. The van der Waals surface area contributed by atoms with Crippen molar-refractivity contribution in [3.63, 3.8) is 0 Å². The summed E-state index contributed by atoms with van der Waals surface area (Å²) in [6.07, 6.45) is 3.53. The van der Waals surface area contributed by atoms with Crippen LogP contribution in [0.5, 0.6) is 11.5 Å². The van der Waals surface area contributed by atoms with Crippen molar-refractivity contribution in [3.05, 3.63) is 71.3 Å². The quantitative estimate of drug-likeness (QED) is 0.638. The van der Waals surface area contributed by atoms with E-state index in [4.69, 9.17) is 14.2 Å². The van der Waals surface area contributed by atoms with Crippen LogP contribution in [0.1, 0.15) is 11.1 Å². The van der Waals surface area contributed by atoms with Gasteiger partial charge >= 0.3 is 5.97 Å². The molecule has 1 aliphatic heterocycles. The summed E-state index contributed by atoms with van der Waals surface area (Å²) in [5.74, 6) is 1.72. The summed E-state index contributed by atoms with van der Waals surface area (Å²) >= 11 is 0. The van der Waals surface area contributed by atoms with Gasteiger partial charge in [0.2, 0.25) is 0 Å². The largest absolute Gasteiger partial charge is 0.497 e. The molecule has 3 rings (SSSR count). The number of ether oxygens (including phenoxy) is 3. The van der Waals surface area contributed by atoms with Crippen LogP contribution in [-0.4, -0.2) is 20.2 Å². The minimum absolute atomic E-state index is 0.355. The first kappa shape index (κ1) is 14.9. The number of methoxy groups -OCH3 is 2. The van der Waals surface area contributed by atoms with Crippen molar-refractivity contribution in [1.29, 1.82) is 0 Å². The number of cyclic esters (lactones) is 1. The molecule has 0 aliphatic carbocycles. The number of hydrogen-bond acceptors (Lipinski definition) is 4. The second-order valence-electron chi connectivity index (χ2n) is 5.00. The van der Waals surface area contributed by atoms with Crippen LogP contribution < -0.4 is 9.47 Å². The molecule has 0 spiro atoms. The molecular formula is C19H16O4. The number of esters is 1. The highest BCUT2D eigenvalue weighted by molar-refractivity contribution is 6.05. The van der Waals surface area contributed by atoms with Gasteiger partial charge in [-0.25, -0.2) is 4.79 Å². The Morgan fingerprint density at radius 1 is 0.870 bits per heavy atom. The van der Waals surface area contributed by atoms with Crippen molar-refractivity contribution in [3.8, 4) is 11.5 Å². The zero-order valence-corrected chi connectivity index (χ0v) is 12.9. The summed E-state index contributed by atoms with van der Waals surface area (Å²) in [6, 6.07) is 14.8. The molecule has 0 N–H and O–H groups in total. The van der Waals surface area contributed by atoms with Gasteiger partial charge in [0.05, 0.1) is 19.8 Å². The minimum atomic E-state index is -0.355. The van der Waals surface area contributed by atoms with Crippen LogP contribution in [0, 0.1) is 0 Å². The predicted molar refractivity (Wildman–Crippen MR) is 88.0 cm³/mol. The summed E-state index contributed by atoms with van der Waals surface area (Å²) in [4.78, 5) is 12.0. The van der Waals surface area contributed by atoms with E-state index in [1.807, 2.05) is 48.5 Å². The number of rotatable bonds is 4. The zero-order chi connectivity index (χ0) is 16.2. The molecule has 4 nitrogen and oxygen atoms in total. The molecule has 0 atom stereocenters. The summed E-state index contributed by atoms with van der Waals surface area (Å²) in [5, 5.41) is 0. The fourth-order valence-electron chi connectivity index (χ4n) is 2.27. The first-order valence-corrected chi connectivity index (χ1v) is 7.13. The third-order valence-electron chi connectivity index (χ3n) is 3.54. The van der Waals surface area contributed by atoms with Crippen LogP contribution in [0.15, 0.2) is 60.2 Å². The molecule has 0 saturated heterocycles. The van der Waals surface area contributed by atoms with Crippen LogP contribution in [0.3, 0.4) is 0 Å². The lowest BCUT2D eigenvalue weighted by molar-refractivity contribution is -0.130. The van der Waals surface area contributed by atoms with E-state index in [0.717, 1.165) is 22.6 Å². The van der Waals surface area contributed by atoms with Crippen LogP contribution in [0.2, 0.25) is 0 Å². The third kappa shape index (κ3) is 3.26. The normalized spacial score (nSPS) is 15.3. The van der Waals surface area contributed by atoms with Crippen molar-refractivity contribution in [1.82, 2.24) is 0 Å². The first-order chi connectivity index (χ1) is 11.2. The number of carbonyl (C=O) groups excluding carboxylic acids is 1. The van der Waals surface area contributed by atoms with Crippen LogP contribution in [-0.2, 0) is 9.53 Å². The molecule has 0 radical (unpaired) electrons. The molecule has 0 aromatic heterocycles. The molecule has 0 amide bonds.